The molecule has 3 heteroatoms. The Bertz CT molecular complexity index is 213. The number of rotatable bonds is 5. The van der Waals surface area contributed by atoms with Crippen LogP contribution in [0.2, 0.25) is 0 Å². The quantitative estimate of drug-likeness (QED) is 0.724. The summed E-state index contributed by atoms with van der Waals surface area (Å²) in [6.07, 6.45) is 1.70. The first-order chi connectivity index (χ1) is 6.53. The molecule has 0 radical (unpaired) electrons. The monoisotopic (exact) mass is 199 g/mol. The Kier molecular flexibility index (Phi) is 3.53. The van der Waals surface area contributed by atoms with Crippen LogP contribution in [-0.2, 0) is 4.79 Å². The number of carbonyl (C=O) groups is 1. The minimum absolute atomic E-state index is 0.165. The lowest BCUT2D eigenvalue weighted by Crippen LogP contribution is -2.34. The molecule has 1 unspecified atom stereocenters. The minimum atomic E-state index is 0.165. The predicted octanol–water partition coefficient (Wildman–Crippen LogP) is 1.26. The number of hydrogen-bond donors (Lipinski definition) is 1. The number of amides is 1. The highest BCUT2D eigenvalue weighted by Crippen LogP contribution is 2.52. The Morgan fingerprint density at radius 3 is 2.50 bits per heavy atom. The molecule has 0 aromatic rings. The summed E-state index contributed by atoms with van der Waals surface area (Å²) >= 11 is 0. The number of nitrogens with zero attached hydrogens (tertiary/aromatic N) is 1. The second kappa shape index (κ2) is 4.30. The van der Waals surface area contributed by atoms with Gasteiger partial charge in [0.15, 0.2) is 0 Å². The van der Waals surface area contributed by atoms with Gasteiger partial charge >= 0.3 is 0 Å². The Morgan fingerprint density at radius 1 is 1.57 bits per heavy atom. The molecule has 1 rings (SSSR count). The van der Waals surface area contributed by atoms with E-state index < -0.39 is 0 Å². The molecule has 1 N–H and O–H groups in total. The smallest absolute Gasteiger partial charge is 0.226 e. The van der Waals surface area contributed by atoms with Gasteiger partial charge in [0.25, 0.3) is 0 Å². The van der Waals surface area contributed by atoms with E-state index in [1.54, 1.807) is 0 Å². The van der Waals surface area contributed by atoms with Gasteiger partial charge in [-0.25, -0.2) is 0 Å². The fraction of sp³-hybridized carbons (Fsp3) is 0.909. The Balaban J connectivity index is 2.41. The van der Waals surface area contributed by atoms with Gasteiger partial charge in [-0.2, -0.15) is 0 Å². The first-order valence-corrected chi connectivity index (χ1v) is 5.42. The summed E-state index contributed by atoms with van der Waals surface area (Å²) in [6.45, 7) is 7.87. The van der Waals surface area contributed by atoms with Gasteiger partial charge in [-0.1, -0.05) is 13.8 Å². The van der Waals surface area contributed by atoms with Crippen LogP contribution < -0.4 is 0 Å². The van der Waals surface area contributed by atoms with Crippen LogP contribution in [0.3, 0.4) is 0 Å². The van der Waals surface area contributed by atoms with Crippen LogP contribution in [0.5, 0.6) is 0 Å². The molecule has 1 fully saturated rings. The van der Waals surface area contributed by atoms with Crippen LogP contribution in [0.1, 0.15) is 33.6 Å². The van der Waals surface area contributed by atoms with Gasteiger partial charge in [0.1, 0.15) is 0 Å². The third kappa shape index (κ3) is 2.47. The number of carbonyl (C=O) groups excluding carboxylic acids is 1. The fourth-order valence-electron chi connectivity index (χ4n) is 1.79. The zero-order chi connectivity index (χ0) is 10.8. The summed E-state index contributed by atoms with van der Waals surface area (Å²) < 4.78 is 0. The van der Waals surface area contributed by atoms with Crippen LogP contribution in [0, 0.1) is 11.3 Å². The third-order valence-electron chi connectivity index (χ3n) is 3.09. The van der Waals surface area contributed by atoms with Crippen molar-refractivity contribution < 1.29 is 9.90 Å². The van der Waals surface area contributed by atoms with Crippen molar-refractivity contribution in [2.24, 2.45) is 11.3 Å². The van der Waals surface area contributed by atoms with Crippen LogP contribution in [0.15, 0.2) is 0 Å². The first-order valence-electron chi connectivity index (χ1n) is 5.42. The second-order valence-corrected chi connectivity index (χ2v) is 4.74. The van der Waals surface area contributed by atoms with E-state index in [1.165, 1.54) is 0 Å². The maximum Gasteiger partial charge on any atom is 0.226 e. The van der Waals surface area contributed by atoms with Crippen LogP contribution in [0.25, 0.3) is 0 Å². The Labute approximate surface area is 86.1 Å². The van der Waals surface area contributed by atoms with Gasteiger partial charge in [-0.15, -0.1) is 0 Å². The molecule has 1 amide bonds. The van der Waals surface area contributed by atoms with E-state index in [0.29, 0.717) is 13.0 Å². The van der Waals surface area contributed by atoms with Gasteiger partial charge in [0.2, 0.25) is 5.91 Å². The topological polar surface area (TPSA) is 40.5 Å². The molecule has 0 aromatic carbocycles. The molecule has 0 aromatic heterocycles. The lowest BCUT2D eigenvalue weighted by molar-refractivity contribution is -0.133. The van der Waals surface area contributed by atoms with Gasteiger partial charge < -0.3 is 10.0 Å². The van der Waals surface area contributed by atoms with E-state index in [1.807, 2.05) is 11.8 Å². The normalized spacial score (nSPS) is 23.3. The summed E-state index contributed by atoms with van der Waals surface area (Å²) in [7, 11) is 0. The van der Waals surface area contributed by atoms with Gasteiger partial charge in [0.05, 0.1) is 0 Å². The number of hydrogen-bond acceptors (Lipinski definition) is 2. The van der Waals surface area contributed by atoms with E-state index in [-0.39, 0.29) is 23.8 Å². The number of aliphatic hydroxyl groups is 1. The van der Waals surface area contributed by atoms with Crippen molar-refractivity contribution in [1.82, 2.24) is 4.90 Å². The molecule has 0 heterocycles. The average molecular weight is 199 g/mol. The van der Waals surface area contributed by atoms with Gasteiger partial charge in [-0.3, -0.25) is 4.79 Å². The molecule has 1 aliphatic rings. The predicted molar refractivity (Wildman–Crippen MR) is 55.8 cm³/mol. The maximum absolute atomic E-state index is 11.9. The molecule has 0 aliphatic heterocycles. The van der Waals surface area contributed by atoms with Crippen molar-refractivity contribution in [2.75, 3.05) is 19.7 Å². The Hall–Kier alpha value is -0.570. The molecule has 1 saturated carbocycles. The molecule has 1 aliphatic carbocycles. The zero-order valence-electron chi connectivity index (χ0n) is 9.42. The van der Waals surface area contributed by atoms with E-state index in [9.17, 15) is 4.79 Å². The summed E-state index contributed by atoms with van der Waals surface area (Å²) in [6, 6.07) is 0. The maximum atomic E-state index is 11.9. The summed E-state index contributed by atoms with van der Waals surface area (Å²) in [4.78, 5) is 13.8. The standard InChI is InChI=1S/C11H21NO2/c1-4-12(6-5-7-13)10(14)9-8-11(9,2)3/h9,13H,4-8H2,1-3H3. The van der Waals surface area contributed by atoms with Crippen molar-refractivity contribution in [3.63, 3.8) is 0 Å². The highest BCUT2D eigenvalue weighted by atomic mass is 16.3. The molecule has 1 atom stereocenters. The molecule has 14 heavy (non-hydrogen) atoms. The lowest BCUT2D eigenvalue weighted by atomic mass is 10.1. The first kappa shape index (κ1) is 11.5. The third-order valence-corrected chi connectivity index (χ3v) is 3.09. The SMILES string of the molecule is CCN(CCCO)C(=O)C1CC1(C)C. The van der Waals surface area contributed by atoms with Crippen LogP contribution in [-0.4, -0.2) is 35.6 Å². The molecule has 0 saturated heterocycles. The summed E-state index contributed by atoms with van der Waals surface area (Å²) in [5.74, 6) is 0.493. The zero-order valence-corrected chi connectivity index (χ0v) is 9.42. The van der Waals surface area contributed by atoms with Crippen molar-refractivity contribution in [3.8, 4) is 0 Å². The van der Waals surface area contributed by atoms with Crippen molar-refractivity contribution in [1.29, 1.82) is 0 Å². The largest absolute Gasteiger partial charge is 0.396 e. The van der Waals surface area contributed by atoms with E-state index >= 15 is 0 Å². The average Bonchev–Trinajstić information content (AvgIpc) is 2.76. The Morgan fingerprint density at radius 2 is 2.14 bits per heavy atom. The lowest BCUT2D eigenvalue weighted by Gasteiger charge is -2.21. The summed E-state index contributed by atoms with van der Waals surface area (Å²) in [5, 5.41) is 8.71. The molecular weight excluding hydrogens is 178 g/mol. The number of aliphatic hydroxyl groups excluding tert-OH is 1. The minimum Gasteiger partial charge on any atom is -0.396 e. The van der Waals surface area contributed by atoms with Crippen LogP contribution >= 0.6 is 0 Å². The highest BCUT2D eigenvalue weighted by molar-refractivity contribution is 5.82. The van der Waals surface area contributed by atoms with Crippen molar-refractivity contribution in [3.05, 3.63) is 0 Å². The second-order valence-electron chi connectivity index (χ2n) is 4.74. The molecule has 0 bridgehead atoms. The fourth-order valence-corrected chi connectivity index (χ4v) is 1.79. The molecule has 3 nitrogen and oxygen atoms in total. The highest BCUT2D eigenvalue weighted by Gasteiger charge is 2.51. The molecular formula is C11H21NO2. The van der Waals surface area contributed by atoms with Crippen molar-refractivity contribution in [2.45, 2.75) is 33.6 Å². The van der Waals surface area contributed by atoms with Crippen molar-refractivity contribution >= 4 is 5.91 Å². The summed E-state index contributed by atoms with van der Waals surface area (Å²) in [5.41, 5.74) is 0.212. The van der Waals surface area contributed by atoms with Crippen LogP contribution in [0.4, 0.5) is 0 Å². The van der Waals surface area contributed by atoms with Gasteiger partial charge in [-0.05, 0) is 25.2 Å². The molecule has 0 spiro atoms. The van der Waals surface area contributed by atoms with E-state index in [2.05, 4.69) is 13.8 Å². The van der Waals surface area contributed by atoms with E-state index in [4.69, 9.17) is 5.11 Å². The van der Waals surface area contributed by atoms with Gasteiger partial charge in [0, 0.05) is 25.6 Å². The van der Waals surface area contributed by atoms with E-state index in [0.717, 1.165) is 13.0 Å². The molecule has 82 valence electrons.